The molecule has 2 atom stereocenters. The molecule has 1 unspecified atom stereocenters. The second kappa shape index (κ2) is 6.61. The molecule has 4 rings (SSSR count). The largest absolute Gasteiger partial charge is 0.369 e. The molecule has 0 aliphatic heterocycles. The smallest absolute Gasteiger partial charge is 0.231 e. The van der Waals surface area contributed by atoms with Crippen LogP contribution in [0.25, 0.3) is 11.4 Å². The number of nitrogens with zero attached hydrogens (tertiary/aromatic N) is 3. The Morgan fingerprint density at radius 2 is 2.00 bits per heavy atom. The van der Waals surface area contributed by atoms with E-state index in [0.29, 0.717) is 17.6 Å². The monoisotopic (exact) mass is 362 g/mol. The van der Waals surface area contributed by atoms with E-state index >= 15 is 0 Å². The van der Waals surface area contributed by atoms with Crippen molar-refractivity contribution in [2.24, 2.45) is 5.73 Å². The lowest BCUT2D eigenvalue weighted by molar-refractivity contribution is -0.123. The number of primary amides is 1. The highest BCUT2D eigenvalue weighted by atomic mass is 16.5. The van der Waals surface area contributed by atoms with Gasteiger partial charge >= 0.3 is 0 Å². The molecule has 138 valence electrons. The van der Waals surface area contributed by atoms with Crippen molar-refractivity contribution in [3.8, 4) is 11.4 Å². The summed E-state index contributed by atoms with van der Waals surface area (Å²) in [5.41, 5.74) is 7.59. The molecule has 2 heterocycles. The van der Waals surface area contributed by atoms with Gasteiger partial charge in [-0.1, -0.05) is 42.4 Å². The number of pyridine rings is 1. The van der Waals surface area contributed by atoms with E-state index in [1.54, 1.807) is 6.20 Å². The van der Waals surface area contributed by atoms with E-state index in [4.69, 9.17) is 10.3 Å². The number of nitrogens with two attached hydrogens (primary N) is 1. The zero-order valence-electron chi connectivity index (χ0n) is 15.4. The zero-order chi connectivity index (χ0) is 19.0. The van der Waals surface area contributed by atoms with Gasteiger partial charge in [0.25, 0.3) is 0 Å². The third kappa shape index (κ3) is 3.12. The number of amides is 1. The molecule has 1 aliphatic carbocycles. The van der Waals surface area contributed by atoms with Gasteiger partial charge in [0.05, 0.1) is 11.3 Å². The standard InChI is InChI=1S/C21H22N4O2/c1-13(21(2,20(22)26)16-6-4-3-5-7-16)19-24-18(25-27-19)15-10-11-23-17(12-15)14-8-9-14/h3-7,10-14H,8-9H2,1-2H3,(H2,22,26)/t13-,21?/m1/s1. The minimum Gasteiger partial charge on any atom is -0.369 e. The molecule has 0 spiro atoms. The molecule has 0 bridgehead atoms. The van der Waals surface area contributed by atoms with Gasteiger partial charge in [-0.25, -0.2) is 0 Å². The first-order valence-electron chi connectivity index (χ1n) is 9.15. The van der Waals surface area contributed by atoms with Crippen LogP contribution in [0.15, 0.2) is 53.2 Å². The van der Waals surface area contributed by atoms with Crippen LogP contribution in [0.5, 0.6) is 0 Å². The second-order valence-electron chi connectivity index (χ2n) is 7.35. The Morgan fingerprint density at radius 1 is 1.26 bits per heavy atom. The van der Waals surface area contributed by atoms with Gasteiger partial charge in [0, 0.05) is 23.4 Å². The minimum absolute atomic E-state index is 0.372. The van der Waals surface area contributed by atoms with Crippen LogP contribution >= 0.6 is 0 Å². The zero-order valence-corrected chi connectivity index (χ0v) is 15.4. The molecule has 0 saturated heterocycles. The third-order valence-electron chi connectivity index (χ3n) is 5.60. The topological polar surface area (TPSA) is 94.9 Å². The molecular formula is C21H22N4O2. The first kappa shape index (κ1) is 17.4. The van der Waals surface area contributed by atoms with Crippen LogP contribution in [0.4, 0.5) is 0 Å². The van der Waals surface area contributed by atoms with Gasteiger partial charge in [-0.15, -0.1) is 0 Å². The summed E-state index contributed by atoms with van der Waals surface area (Å²) in [6.45, 7) is 3.70. The van der Waals surface area contributed by atoms with E-state index < -0.39 is 11.3 Å². The van der Waals surface area contributed by atoms with Crippen molar-refractivity contribution < 1.29 is 9.32 Å². The number of hydrogen-bond acceptors (Lipinski definition) is 5. The predicted octanol–water partition coefficient (Wildman–Crippen LogP) is 3.56. The summed E-state index contributed by atoms with van der Waals surface area (Å²) in [6.07, 6.45) is 4.14. The second-order valence-corrected chi connectivity index (χ2v) is 7.35. The highest BCUT2D eigenvalue weighted by molar-refractivity contribution is 5.87. The van der Waals surface area contributed by atoms with Crippen molar-refractivity contribution in [1.82, 2.24) is 15.1 Å². The Balaban J connectivity index is 1.67. The summed E-state index contributed by atoms with van der Waals surface area (Å²) in [7, 11) is 0. The summed E-state index contributed by atoms with van der Waals surface area (Å²) < 4.78 is 5.53. The summed E-state index contributed by atoms with van der Waals surface area (Å²) in [6, 6.07) is 13.3. The molecule has 1 fully saturated rings. The molecule has 1 amide bonds. The number of benzene rings is 1. The Hall–Kier alpha value is -3.02. The van der Waals surface area contributed by atoms with Gasteiger partial charge in [0.1, 0.15) is 0 Å². The molecule has 2 aromatic heterocycles. The van der Waals surface area contributed by atoms with Crippen molar-refractivity contribution in [2.45, 2.75) is 43.9 Å². The van der Waals surface area contributed by atoms with Gasteiger partial charge in [0.15, 0.2) is 0 Å². The van der Waals surface area contributed by atoms with E-state index in [-0.39, 0.29) is 5.92 Å². The van der Waals surface area contributed by atoms with E-state index in [1.165, 1.54) is 12.8 Å². The maximum Gasteiger partial charge on any atom is 0.231 e. The van der Waals surface area contributed by atoms with Gasteiger partial charge in [0.2, 0.25) is 17.6 Å². The fourth-order valence-electron chi connectivity index (χ4n) is 3.36. The predicted molar refractivity (Wildman–Crippen MR) is 101 cm³/mol. The van der Waals surface area contributed by atoms with Crippen LogP contribution in [0.2, 0.25) is 0 Å². The molecule has 27 heavy (non-hydrogen) atoms. The van der Waals surface area contributed by atoms with Crippen LogP contribution in [0.1, 0.15) is 55.7 Å². The maximum absolute atomic E-state index is 12.4. The number of carbonyl (C=O) groups excluding carboxylic acids is 1. The molecule has 1 aromatic carbocycles. The highest BCUT2D eigenvalue weighted by Gasteiger charge is 2.42. The van der Waals surface area contributed by atoms with Crippen LogP contribution in [-0.2, 0) is 10.2 Å². The first-order valence-corrected chi connectivity index (χ1v) is 9.15. The minimum atomic E-state index is -0.956. The summed E-state index contributed by atoms with van der Waals surface area (Å²) >= 11 is 0. The lowest BCUT2D eigenvalue weighted by Gasteiger charge is -2.30. The Labute approximate surface area is 157 Å². The lowest BCUT2D eigenvalue weighted by Crippen LogP contribution is -2.42. The number of aromatic nitrogens is 3. The van der Waals surface area contributed by atoms with Crippen LogP contribution in [-0.4, -0.2) is 21.0 Å². The van der Waals surface area contributed by atoms with E-state index in [2.05, 4.69) is 15.1 Å². The van der Waals surface area contributed by atoms with Crippen molar-refractivity contribution >= 4 is 5.91 Å². The summed E-state index contributed by atoms with van der Waals surface area (Å²) in [4.78, 5) is 21.3. The van der Waals surface area contributed by atoms with Crippen molar-refractivity contribution in [2.75, 3.05) is 0 Å². The molecule has 6 heteroatoms. The van der Waals surface area contributed by atoms with Gasteiger partial charge in [-0.3, -0.25) is 9.78 Å². The average molecular weight is 362 g/mol. The molecular weight excluding hydrogens is 340 g/mol. The lowest BCUT2D eigenvalue weighted by atomic mass is 9.72. The fraction of sp³-hybridized carbons (Fsp3) is 0.333. The van der Waals surface area contributed by atoms with Crippen LogP contribution in [0.3, 0.4) is 0 Å². The number of carbonyl (C=O) groups is 1. The molecule has 1 aliphatic rings. The highest BCUT2D eigenvalue weighted by Crippen LogP contribution is 2.40. The SMILES string of the molecule is C[C@H](c1nc(-c2ccnc(C3CC3)c2)no1)C(C)(C(N)=O)c1ccccc1. The van der Waals surface area contributed by atoms with Crippen LogP contribution < -0.4 is 5.73 Å². The Kier molecular flexibility index (Phi) is 4.26. The normalized spacial score (nSPS) is 17.3. The fourth-order valence-corrected chi connectivity index (χ4v) is 3.36. The van der Waals surface area contributed by atoms with Gasteiger partial charge < -0.3 is 10.3 Å². The molecule has 0 radical (unpaired) electrons. The molecule has 6 nitrogen and oxygen atoms in total. The van der Waals surface area contributed by atoms with E-state index in [0.717, 1.165) is 16.8 Å². The Morgan fingerprint density at radius 3 is 2.67 bits per heavy atom. The van der Waals surface area contributed by atoms with Gasteiger partial charge in [-0.05, 0) is 37.5 Å². The summed E-state index contributed by atoms with van der Waals surface area (Å²) in [5.74, 6) is 0.636. The van der Waals surface area contributed by atoms with E-state index in [9.17, 15) is 4.79 Å². The number of hydrogen-bond donors (Lipinski definition) is 1. The van der Waals surface area contributed by atoms with E-state index in [1.807, 2.05) is 56.3 Å². The van der Waals surface area contributed by atoms with Crippen molar-refractivity contribution in [1.29, 1.82) is 0 Å². The maximum atomic E-state index is 12.4. The van der Waals surface area contributed by atoms with Crippen molar-refractivity contribution in [3.63, 3.8) is 0 Å². The quantitative estimate of drug-likeness (QED) is 0.723. The average Bonchev–Trinajstić information content (AvgIpc) is 3.44. The third-order valence-corrected chi connectivity index (χ3v) is 5.60. The summed E-state index contributed by atoms with van der Waals surface area (Å²) in [5, 5.41) is 4.13. The molecule has 1 saturated carbocycles. The first-order chi connectivity index (χ1) is 13.0. The molecule has 2 N–H and O–H groups in total. The Bertz CT molecular complexity index is 965. The van der Waals surface area contributed by atoms with Crippen molar-refractivity contribution in [3.05, 3.63) is 65.8 Å². The van der Waals surface area contributed by atoms with Crippen LogP contribution in [0, 0.1) is 0 Å². The van der Waals surface area contributed by atoms with Gasteiger partial charge in [-0.2, -0.15) is 4.98 Å². The number of rotatable bonds is 6. The molecule has 3 aromatic rings.